The molecule has 0 fully saturated rings. The molecule has 0 aliphatic carbocycles. The molecule has 0 heterocycles. The number of benzene rings is 2. The SMILES string of the molecule is COc1cccc(C(CO)NC(C)c2ccccc2F)c1. The van der Waals surface area contributed by atoms with Crippen molar-refractivity contribution < 1.29 is 14.2 Å². The van der Waals surface area contributed by atoms with Gasteiger partial charge in [0.2, 0.25) is 0 Å². The molecule has 2 aromatic rings. The first kappa shape index (κ1) is 15.5. The Kier molecular flexibility index (Phi) is 5.31. The molecule has 0 bridgehead atoms. The molecule has 0 aromatic heterocycles. The Morgan fingerprint density at radius 1 is 1.19 bits per heavy atom. The van der Waals surface area contributed by atoms with Gasteiger partial charge in [0, 0.05) is 11.6 Å². The zero-order valence-electron chi connectivity index (χ0n) is 12.2. The zero-order chi connectivity index (χ0) is 15.2. The molecule has 2 aromatic carbocycles. The highest BCUT2D eigenvalue weighted by atomic mass is 19.1. The van der Waals surface area contributed by atoms with Gasteiger partial charge in [0.1, 0.15) is 11.6 Å². The molecule has 2 atom stereocenters. The third-order valence-electron chi connectivity index (χ3n) is 3.50. The lowest BCUT2D eigenvalue weighted by Crippen LogP contribution is -2.27. The van der Waals surface area contributed by atoms with Crippen molar-refractivity contribution in [2.45, 2.75) is 19.0 Å². The lowest BCUT2D eigenvalue weighted by atomic mass is 10.0. The average molecular weight is 289 g/mol. The maximum Gasteiger partial charge on any atom is 0.127 e. The summed E-state index contributed by atoms with van der Waals surface area (Å²) in [6.45, 7) is 1.80. The Morgan fingerprint density at radius 3 is 2.62 bits per heavy atom. The first-order valence-electron chi connectivity index (χ1n) is 6.91. The Bertz CT molecular complexity index is 589. The lowest BCUT2D eigenvalue weighted by Gasteiger charge is -2.23. The van der Waals surface area contributed by atoms with Crippen LogP contribution >= 0.6 is 0 Å². The van der Waals surface area contributed by atoms with E-state index < -0.39 is 0 Å². The summed E-state index contributed by atoms with van der Waals surface area (Å²) in [5.74, 6) is 0.478. The van der Waals surface area contributed by atoms with Crippen molar-refractivity contribution in [1.82, 2.24) is 5.32 Å². The number of ether oxygens (including phenoxy) is 1. The van der Waals surface area contributed by atoms with Crippen molar-refractivity contribution in [2.24, 2.45) is 0 Å². The second-order valence-electron chi connectivity index (χ2n) is 4.92. The second kappa shape index (κ2) is 7.20. The monoisotopic (exact) mass is 289 g/mol. The van der Waals surface area contributed by atoms with Gasteiger partial charge >= 0.3 is 0 Å². The van der Waals surface area contributed by atoms with Crippen molar-refractivity contribution in [3.8, 4) is 5.75 Å². The van der Waals surface area contributed by atoms with Crippen molar-refractivity contribution >= 4 is 0 Å². The molecule has 0 amide bonds. The number of aliphatic hydroxyl groups is 1. The van der Waals surface area contributed by atoms with Crippen LogP contribution in [-0.4, -0.2) is 18.8 Å². The molecule has 4 heteroatoms. The van der Waals surface area contributed by atoms with Crippen LogP contribution in [0.1, 0.15) is 30.1 Å². The molecule has 0 aliphatic rings. The molecule has 0 spiro atoms. The highest BCUT2D eigenvalue weighted by Crippen LogP contribution is 2.23. The first-order chi connectivity index (χ1) is 10.2. The van der Waals surface area contributed by atoms with E-state index in [9.17, 15) is 9.50 Å². The fraction of sp³-hybridized carbons (Fsp3) is 0.294. The number of halogens is 1. The molecular weight excluding hydrogens is 269 g/mol. The van der Waals surface area contributed by atoms with Crippen molar-refractivity contribution in [2.75, 3.05) is 13.7 Å². The second-order valence-corrected chi connectivity index (χ2v) is 4.92. The summed E-state index contributed by atoms with van der Waals surface area (Å²) >= 11 is 0. The standard InChI is InChI=1S/C17H20FNO2/c1-12(15-8-3-4-9-16(15)18)19-17(11-20)13-6-5-7-14(10-13)21-2/h3-10,12,17,19-20H,11H2,1-2H3. The lowest BCUT2D eigenvalue weighted by molar-refractivity contribution is 0.234. The summed E-state index contributed by atoms with van der Waals surface area (Å²) in [4.78, 5) is 0. The number of nitrogens with one attached hydrogen (secondary N) is 1. The normalized spacial score (nSPS) is 13.7. The maximum absolute atomic E-state index is 13.8. The van der Waals surface area contributed by atoms with Crippen LogP contribution in [0.2, 0.25) is 0 Å². The van der Waals surface area contributed by atoms with Crippen molar-refractivity contribution in [3.63, 3.8) is 0 Å². The van der Waals surface area contributed by atoms with Crippen molar-refractivity contribution in [3.05, 3.63) is 65.5 Å². The first-order valence-corrected chi connectivity index (χ1v) is 6.91. The highest BCUT2D eigenvalue weighted by Gasteiger charge is 2.17. The minimum absolute atomic E-state index is 0.0774. The molecule has 0 saturated carbocycles. The summed E-state index contributed by atoms with van der Waals surface area (Å²) in [6, 6.07) is 13.6. The summed E-state index contributed by atoms with van der Waals surface area (Å²) in [5.41, 5.74) is 1.49. The van der Waals surface area contributed by atoms with E-state index in [0.717, 1.165) is 11.3 Å². The van der Waals surface area contributed by atoms with Crippen LogP contribution < -0.4 is 10.1 Å². The summed E-state index contributed by atoms with van der Waals surface area (Å²) in [5, 5.41) is 12.9. The quantitative estimate of drug-likeness (QED) is 0.858. The average Bonchev–Trinajstić information content (AvgIpc) is 2.52. The maximum atomic E-state index is 13.8. The van der Waals surface area contributed by atoms with E-state index in [0.29, 0.717) is 5.56 Å². The van der Waals surface area contributed by atoms with E-state index in [1.54, 1.807) is 25.3 Å². The number of hydrogen-bond donors (Lipinski definition) is 2. The van der Waals surface area contributed by atoms with Gasteiger partial charge in [-0.2, -0.15) is 0 Å². The van der Waals surface area contributed by atoms with Gasteiger partial charge < -0.3 is 15.2 Å². The predicted molar refractivity (Wildman–Crippen MR) is 80.8 cm³/mol. The minimum atomic E-state index is -0.283. The van der Waals surface area contributed by atoms with Crippen LogP contribution in [0.15, 0.2) is 48.5 Å². The molecule has 3 nitrogen and oxygen atoms in total. The summed E-state index contributed by atoms with van der Waals surface area (Å²) in [6.07, 6.45) is 0. The van der Waals surface area contributed by atoms with E-state index in [2.05, 4.69) is 5.32 Å². The van der Waals surface area contributed by atoms with Crippen LogP contribution in [0, 0.1) is 5.82 Å². The van der Waals surface area contributed by atoms with E-state index in [1.807, 2.05) is 31.2 Å². The molecule has 0 radical (unpaired) electrons. The number of hydrogen-bond acceptors (Lipinski definition) is 3. The third-order valence-corrected chi connectivity index (χ3v) is 3.50. The Balaban J connectivity index is 2.17. The van der Waals surface area contributed by atoms with Crippen LogP contribution in [-0.2, 0) is 0 Å². The topological polar surface area (TPSA) is 41.5 Å². The molecule has 21 heavy (non-hydrogen) atoms. The van der Waals surface area contributed by atoms with Gasteiger partial charge in [-0.3, -0.25) is 0 Å². The molecule has 0 saturated heterocycles. The van der Waals surface area contributed by atoms with Crippen molar-refractivity contribution in [1.29, 1.82) is 0 Å². The largest absolute Gasteiger partial charge is 0.497 e. The van der Waals surface area contributed by atoms with Gasteiger partial charge in [-0.25, -0.2) is 4.39 Å². The van der Waals surface area contributed by atoms with E-state index in [1.165, 1.54) is 6.07 Å². The Hall–Kier alpha value is -1.91. The van der Waals surface area contributed by atoms with Gasteiger partial charge in [0.25, 0.3) is 0 Å². The van der Waals surface area contributed by atoms with Crippen LogP contribution in [0.3, 0.4) is 0 Å². The molecular formula is C17H20FNO2. The summed E-state index contributed by atoms with van der Waals surface area (Å²) < 4.78 is 19.0. The van der Waals surface area contributed by atoms with Gasteiger partial charge in [-0.05, 0) is 30.7 Å². The number of rotatable bonds is 6. The Morgan fingerprint density at radius 2 is 1.95 bits per heavy atom. The van der Waals surface area contributed by atoms with Gasteiger partial charge in [-0.15, -0.1) is 0 Å². The molecule has 2 rings (SSSR count). The smallest absolute Gasteiger partial charge is 0.127 e. The van der Waals surface area contributed by atoms with Crippen LogP contribution in [0.5, 0.6) is 5.75 Å². The van der Waals surface area contributed by atoms with Crippen LogP contribution in [0.4, 0.5) is 4.39 Å². The fourth-order valence-corrected chi connectivity index (χ4v) is 2.33. The zero-order valence-corrected chi connectivity index (χ0v) is 12.2. The van der Waals surface area contributed by atoms with E-state index >= 15 is 0 Å². The molecule has 2 N–H and O–H groups in total. The molecule has 0 aliphatic heterocycles. The minimum Gasteiger partial charge on any atom is -0.497 e. The molecule has 112 valence electrons. The number of aliphatic hydroxyl groups excluding tert-OH is 1. The summed E-state index contributed by atoms with van der Waals surface area (Å²) in [7, 11) is 1.60. The van der Waals surface area contributed by atoms with Gasteiger partial charge in [-0.1, -0.05) is 30.3 Å². The van der Waals surface area contributed by atoms with Crippen LogP contribution in [0.25, 0.3) is 0 Å². The predicted octanol–water partition coefficient (Wildman–Crippen LogP) is 3.22. The number of methoxy groups -OCH3 is 1. The Labute approximate surface area is 124 Å². The third kappa shape index (κ3) is 3.80. The highest BCUT2D eigenvalue weighted by molar-refractivity contribution is 5.31. The fourth-order valence-electron chi connectivity index (χ4n) is 2.33. The van der Waals surface area contributed by atoms with Gasteiger partial charge in [0.15, 0.2) is 0 Å². The van der Waals surface area contributed by atoms with E-state index in [-0.39, 0.29) is 24.5 Å². The molecule has 2 unspecified atom stereocenters. The van der Waals surface area contributed by atoms with Gasteiger partial charge in [0.05, 0.1) is 19.8 Å². The van der Waals surface area contributed by atoms with E-state index in [4.69, 9.17) is 4.74 Å².